The average Bonchev–Trinajstić information content (AvgIpc) is 2.55. The van der Waals surface area contributed by atoms with Gasteiger partial charge in [-0.3, -0.25) is 4.79 Å². The summed E-state index contributed by atoms with van der Waals surface area (Å²) in [5.41, 5.74) is 2.80. The molecule has 0 bridgehead atoms. The molecule has 2 aromatic rings. The molecule has 1 aromatic heterocycles. The van der Waals surface area contributed by atoms with E-state index < -0.39 is 0 Å². The first-order chi connectivity index (χ1) is 11.9. The van der Waals surface area contributed by atoms with Gasteiger partial charge in [0, 0.05) is 6.04 Å². The van der Waals surface area contributed by atoms with Gasteiger partial charge in [0.2, 0.25) is 5.88 Å². The van der Waals surface area contributed by atoms with Crippen molar-refractivity contribution in [2.75, 3.05) is 11.9 Å². The number of rotatable bonds is 4. The van der Waals surface area contributed by atoms with Gasteiger partial charge in [0.15, 0.2) is 0 Å². The normalized spacial score (nSPS) is 16.0. The van der Waals surface area contributed by atoms with Gasteiger partial charge in [-0.2, -0.15) is 0 Å². The minimum absolute atomic E-state index is 0.00284. The van der Waals surface area contributed by atoms with E-state index in [-0.39, 0.29) is 23.8 Å². The first-order valence-electron chi connectivity index (χ1n) is 8.41. The Morgan fingerprint density at radius 1 is 1.40 bits per heavy atom. The molecule has 1 aliphatic heterocycles. The Balaban J connectivity index is 1.98. The van der Waals surface area contributed by atoms with Crippen molar-refractivity contribution in [1.82, 2.24) is 10.3 Å². The zero-order valence-corrected chi connectivity index (χ0v) is 14.6. The lowest BCUT2D eigenvalue weighted by atomic mass is 10.0. The number of carbonyl (C=O) groups excluding carboxylic acids is 1. The molecule has 0 spiro atoms. The van der Waals surface area contributed by atoms with Gasteiger partial charge in [0.25, 0.3) is 5.91 Å². The molecule has 2 heterocycles. The Labute approximate surface area is 146 Å². The summed E-state index contributed by atoms with van der Waals surface area (Å²) in [5.74, 6) is -0.0824. The summed E-state index contributed by atoms with van der Waals surface area (Å²) in [6.45, 7) is 6.32. The van der Waals surface area contributed by atoms with E-state index in [4.69, 9.17) is 4.74 Å². The number of benzene rings is 1. The Morgan fingerprint density at radius 3 is 2.80 bits per heavy atom. The molecule has 0 unspecified atom stereocenters. The minimum Gasteiger partial charge on any atom is -0.474 e. The topological polar surface area (TPSA) is 63.2 Å². The fraction of sp³-hybridized carbons (Fsp3) is 0.368. The number of amides is 1. The minimum atomic E-state index is -0.283. The second kappa shape index (κ2) is 7.09. The Kier molecular flexibility index (Phi) is 4.88. The molecule has 0 saturated heterocycles. The van der Waals surface area contributed by atoms with E-state index in [1.54, 1.807) is 12.1 Å². The maximum absolute atomic E-state index is 13.1. The molecule has 1 aromatic carbocycles. The van der Waals surface area contributed by atoms with E-state index in [2.05, 4.69) is 15.6 Å². The van der Waals surface area contributed by atoms with Crippen molar-refractivity contribution in [2.24, 2.45) is 0 Å². The first kappa shape index (κ1) is 17.2. The number of pyridine rings is 1. The van der Waals surface area contributed by atoms with Crippen molar-refractivity contribution in [3.8, 4) is 5.88 Å². The highest BCUT2D eigenvalue weighted by Gasteiger charge is 2.23. The lowest BCUT2D eigenvalue weighted by Gasteiger charge is -2.25. The van der Waals surface area contributed by atoms with Gasteiger partial charge < -0.3 is 15.4 Å². The van der Waals surface area contributed by atoms with Crippen molar-refractivity contribution < 1.29 is 13.9 Å². The molecular weight excluding hydrogens is 321 g/mol. The van der Waals surface area contributed by atoms with Crippen LogP contribution in [0.15, 0.2) is 30.3 Å². The van der Waals surface area contributed by atoms with Crippen LogP contribution in [0.3, 0.4) is 0 Å². The predicted molar refractivity (Wildman–Crippen MR) is 94.6 cm³/mol. The quantitative estimate of drug-likeness (QED) is 0.895. The molecule has 0 aliphatic carbocycles. The summed E-state index contributed by atoms with van der Waals surface area (Å²) >= 11 is 0. The van der Waals surface area contributed by atoms with E-state index >= 15 is 0 Å². The van der Waals surface area contributed by atoms with Crippen LogP contribution in [-0.4, -0.2) is 29.6 Å². The first-order valence-corrected chi connectivity index (χ1v) is 8.41. The van der Waals surface area contributed by atoms with Crippen LogP contribution in [-0.2, 0) is 6.42 Å². The Hall–Kier alpha value is -2.63. The smallest absolute Gasteiger partial charge is 0.270 e. The average molecular weight is 343 g/mol. The molecule has 1 atom stereocenters. The van der Waals surface area contributed by atoms with E-state index in [0.717, 1.165) is 16.8 Å². The molecule has 2 N–H and O–H groups in total. The van der Waals surface area contributed by atoms with E-state index in [1.165, 1.54) is 12.1 Å². The number of carbonyl (C=O) groups is 1. The highest BCUT2D eigenvalue weighted by Crippen LogP contribution is 2.30. The molecular formula is C19H22FN3O2. The number of hydrogen-bond donors (Lipinski definition) is 2. The van der Waals surface area contributed by atoms with Crippen LogP contribution in [0.1, 0.15) is 42.4 Å². The van der Waals surface area contributed by atoms with Crippen LogP contribution in [0.5, 0.6) is 5.88 Å². The third-order valence-electron chi connectivity index (χ3n) is 3.88. The highest BCUT2D eigenvalue weighted by molar-refractivity contribution is 5.94. The van der Waals surface area contributed by atoms with Crippen LogP contribution in [0.4, 0.5) is 10.1 Å². The lowest BCUT2D eigenvalue weighted by Crippen LogP contribution is -2.33. The van der Waals surface area contributed by atoms with Gasteiger partial charge >= 0.3 is 0 Å². The summed E-state index contributed by atoms with van der Waals surface area (Å²) in [7, 11) is 0. The van der Waals surface area contributed by atoms with Crippen molar-refractivity contribution in [2.45, 2.75) is 39.3 Å². The largest absolute Gasteiger partial charge is 0.474 e. The van der Waals surface area contributed by atoms with Gasteiger partial charge in [-0.15, -0.1) is 0 Å². The summed E-state index contributed by atoms with van der Waals surface area (Å²) in [6.07, 6.45) is 0.484. The van der Waals surface area contributed by atoms with E-state index in [1.807, 2.05) is 26.8 Å². The van der Waals surface area contributed by atoms with Crippen LogP contribution >= 0.6 is 0 Å². The molecule has 0 fully saturated rings. The fourth-order valence-corrected chi connectivity index (χ4v) is 2.75. The van der Waals surface area contributed by atoms with Crippen LogP contribution in [0.2, 0.25) is 0 Å². The van der Waals surface area contributed by atoms with Crippen molar-refractivity contribution in [3.63, 3.8) is 0 Å². The molecule has 6 heteroatoms. The number of fused-ring (bicyclic) bond motifs is 1. The maximum atomic E-state index is 13.1. The zero-order chi connectivity index (χ0) is 18.0. The molecule has 1 amide bonds. The fourth-order valence-electron chi connectivity index (χ4n) is 2.75. The number of nitrogens with zero attached hydrogens (tertiary/aromatic N) is 1. The summed E-state index contributed by atoms with van der Waals surface area (Å²) < 4.78 is 18.8. The van der Waals surface area contributed by atoms with Gasteiger partial charge in [-0.05, 0) is 56.5 Å². The van der Waals surface area contributed by atoms with E-state index in [9.17, 15) is 9.18 Å². The number of hydrogen-bond acceptors (Lipinski definition) is 4. The number of halogens is 1. The second-order valence-corrected chi connectivity index (χ2v) is 6.64. The van der Waals surface area contributed by atoms with Crippen molar-refractivity contribution >= 4 is 11.6 Å². The second-order valence-electron chi connectivity index (χ2n) is 6.64. The molecule has 0 saturated carbocycles. The summed E-state index contributed by atoms with van der Waals surface area (Å²) in [6, 6.07) is 8.33. The summed E-state index contributed by atoms with van der Waals surface area (Å²) in [4.78, 5) is 17.0. The van der Waals surface area contributed by atoms with Gasteiger partial charge in [0.1, 0.15) is 18.1 Å². The summed E-state index contributed by atoms with van der Waals surface area (Å²) in [5, 5.41) is 6.20. The number of aromatic nitrogens is 1. The van der Waals surface area contributed by atoms with Crippen molar-refractivity contribution in [3.05, 3.63) is 53.0 Å². The monoisotopic (exact) mass is 343 g/mol. The van der Waals surface area contributed by atoms with Crippen LogP contribution < -0.4 is 15.4 Å². The molecule has 5 nitrogen and oxygen atoms in total. The molecule has 0 radical (unpaired) electrons. The third-order valence-corrected chi connectivity index (χ3v) is 3.88. The van der Waals surface area contributed by atoms with Gasteiger partial charge in [0.05, 0.1) is 11.7 Å². The predicted octanol–water partition coefficient (Wildman–Crippen LogP) is 3.14. The molecule has 132 valence electrons. The van der Waals surface area contributed by atoms with Gasteiger partial charge in [-0.25, -0.2) is 9.37 Å². The van der Waals surface area contributed by atoms with E-state index in [0.29, 0.717) is 24.6 Å². The Morgan fingerprint density at radius 2 is 2.12 bits per heavy atom. The number of nitrogens with one attached hydrogen (secondary N) is 2. The highest BCUT2D eigenvalue weighted by atomic mass is 19.1. The van der Waals surface area contributed by atoms with Crippen LogP contribution in [0, 0.1) is 5.82 Å². The maximum Gasteiger partial charge on any atom is 0.270 e. The SMILES string of the molecule is CC(C)NC(=O)c1nc2c(cc1Cc1ccc(F)cc1)N[C@@H](C)CO2. The van der Waals surface area contributed by atoms with Gasteiger partial charge in [-0.1, -0.05) is 12.1 Å². The number of anilines is 1. The zero-order valence-electron chi connectivity index (χ0n) is 14.6. The lowest BCUT2D eigenvalue weighted by molar-refractivity contribution is 0.0936. The molecule has 25 heavy (non-hydrogen) atoms. The molecule has 1 aliphatic rings. The Bertz CT molecular complexity index is 775. The third kappa shape index (κ3) is 4.07. The standard InChI is InChI=1S/C19H22FN3O2/c1-11(2)21-18(24)17-14(8-13-4-6-15(20)7-5-13)9-16-19(23-17)25-10-12(3)22-16/h4-7,9,11-12,22H,8,10H2,1-3H3,(H,21,24)/t12-/m0/s1. The molecule has 3 rings (SSSR count). The van der Waals surface area contributed by atoms with Crippen molar-refractivity contribution in [1.29, 1.82) is 0 Å². The van der Waals surface area contributed by atoms with Crippen LogP contribution in [0.25, 0.3) is 0 Å². The number of ether oxygens (including phenoxy) is 1.